The van der Waals surface area contributed by atoms with Crippen molar-refractivity contribution in [2.24, 2.45) is 0 Å². The number of aliphatic hydroxyl groups excluding tert-OH is 1. The molecule has 8 heteroatoms. The van der Waals surface area contributed by atoms with Crippen LogP contribution in [0.2, 0.25) is 0 Å². The van der Waals surface area contributed by atoms with Crippen molar-refractivity contribution in [1.82, 2.24) is 0 Å². The van der Waals surface area contributed by atoms with Crippen LogP contribution < -0.4 is 0 Å². The average molecular weight is 268 g/mol. The lowest BCUT2D eigenvalue weighted by molar-refractivity contribution is -0.217. The van der Waals surface area contributed by atoms with Crippen molar-refractivity contribution >= 4 is 10.1 Å². The summed E-state index contributed by atoms with van der Waals surface area (Å²) in [5.41, 5.74) is 0. The summed E-state index contributed by atoms with van der Waals surface area (Å²) in [7, 11) is -3.55. The summed E-state index contributed by atoms with van der Waals surface area (Å²) in [6, 6.07) is 0. The van der Waals surface area contributed by atoms with Gasteiger partial charge in [-0.15, -0.1) is 0 Å². The normalized spacial score (nSPS) is 40.5. The average Bonchev–Trinajstić information content (AvgIpc) is 2.57. The predicted molar refractivity (Wildman–Crippen MR) is 55.5 cm³/mol. The van der Waals surface area contributed by atoms with Gasteiger partial charge in [-0.05, 0) is 13.8 Å². The highest BCUT2D eigenvalue weighted by atomic mass is 32.2. The minimum atomic E-state index is -3.55. The summed E-state index contributed by atoms with van der Waals surface area (Å²) in [5.74, 6) is -0.807. The number of fused-ring (bicyclic) bond motifs is 1. The second kappa shape index (κ2) is 4.15. The molecule has 2 heterocycles. The van der Waals surface area contributed by atoms with Crippen LogP contribution in [0.1, 0.15) is 13.8 Å². The molecule has 0 aromatic carbocycles. The summed E-state index contributed by atoms with van der Waals surface area (Å²) < 4.78 is 42.4. The first-order valence-corrected chi connectivity index (χ1v) is 7.03. The molecule has 0 bridgehead atoms. The molecule has 2 aliphatic heterocycles. The van der Waals surface area contributed by atoms with Gasteiger partial charge >= 0.3 is 0 Å². The number of rotatable bonds is 3. The SMILES string of the molecule is CC1(C)O[C@H]2O[C@H](COS(C)(=O)=O)[C@H](O)[C@H]2O1. The Morgan fingerprint density at radius 1 is 1.35 bits per heavy atom. The van der Waals surface area contributed by atoms with E-state index in [1.807, 2.05) is 0 Å². The van der Waals surface area contributed by atoms with Crippen molar-refractivity contribution in [3.05, 3.63) is 0 Å². The molecule has 2 saturated heterocycles. The Morgan fingerprint density at radius 2 is 2.00 bits per heavy atom. The van der Waals surface area contributed by atoms with Crippen molar-refractivity contribution in [1.29, 1.82) is 0 Å². The lowest BCUT2D eigenvalue weighted by atomic mass is 10.1. The van der Waals surface area contributed by atoms with Crippen LogP contribution in [0.15, 0.2) is 0 Å². The Bertz CT molecular complexity index is 390. The minimum absolute atomic E-state index is 0.250. The fourth-order valence-electron chi connectivity index (χ4n) is 1.89. The third-order valence-electron chi connectivity index (χ3n) is 2.56. The maximum atomic E-state index is 10.8. The lowest BCUT2D eigenvalue weighted by Crippen LogP contribution is -2.37. The molecule has 4 atom stereocenters. The van der Waals surface area contributed by atoms with Crippen LogP contribution in [0.3, 0.4) is 0 Å². The smallest absolute Gasteiger partial charge is 0.264 e. The van der Waals surface area contributed by atoms with Gasteiger partial charge in [0.25, 0.3) is 10.1 Å². The van der Waals surface area contributed by atoms with Gasteiger partial charge in [0.1, 0.15) is 18.3 Å². The Hall–Kier alpha value is -0.250. The molecule has 2 aliphatic rings. The molecule has 0 spiro atoms. The van der Waals surface area contributed by atoms with E-state index in [9.17, 15) is 13.5 Å². The van der Waals surface area contributed by atoms with Crippen molar-refractivity contribution in [3.8, 4) is 0 Å². The van der Waals surface area contributed by atoms with Gasteiger partial charge in [0, 0.05) is 0 Å². The summed E-state index contributed by atoms with van der Waals surface area (Å²) in [6.45, 7) is 3.17. The van der Waals surface area contributed by atoms with Gasteiger partial charge in [0.05, 0.1) is 12.9 Å². The maximum Gasteiger partial charge on any atom is 0.264 e. The lowest BCUT2D eigenvalue weighted by Gasteiger charge is -2.22. The predicted octanol–water partition coefficient (Wildman–Crippen LogP) is -0.800. The minimum Gasteiger partial charge on any atom is -0.387 e. The summed E-state index contributed by atoms with van der Waals surface area (Å²) in [6.07, 6.45) is -2.10. The Balaban J connectivity index is 1.94. The second-order valence-corrected chi connectivity index (χ2v) is 6.27. The largest absolute Gasteiger partial charge is 0.387 e. The highest BCUT2D eigenvalue weighted by Gasteiger charge is 2.54. The van der Waals surface area contributed by atoms with E-state index >= 15 is 0 Å². The topological polar surface area (TPSA) is 91.3 Å². The molecule has 1 N–H and O–H groups in total. The molecule has 0 aliphatic carbocycles. The van der Waals surface area contributed by atoms with E-state index in [0.29, 0.717) is 0 Å². The van der Waals surface area contributed by atoms with Gasteiger partial charge in [-0.3, -0.25) is 4.18 Å². The van der Waals surface area contributed by atoms with Crippen molar-refractivity contribution < 1.29 is 31.9 Å². The molecule has 0 aromatic heterocycles. The van der Waals surface area contributed by atoms with Crippen molar-refractivity contribution in [2.75, 3.05) is 12.9 Å². The molecule has 0 aromatic rings. The second-order valence-electron chi connectivity index (χ2n) is 4.62. The van der Waals surface area contributed by atoms with E-state index in [1.165, 1.54) is 0 Å². The van der Waals surface area contributed by atoms with Crippen LogP contribution in [0, 0.1) is 0 Å². The number of aliphatic hydroxyl groups is 1. The zero-order chi connectivity index (χ0) is 12.8. The quantitative estimate of drug-likeness (QED) is 0.670. The van der Waals surface area contributed by atoms with E-state index in [1.54, 1.807) is 13.8 Å². The first kappa shape index (κ1) is 13.2. The van der Waals surface area contributed by atoms with Crippen LogP contribution in [0.25, 0.3) is 0 Å². The van der Waals surface area contributed by atoms with Gasteiger partial charge in [0.15, 0.2) is 12.1 Å². The Kier molecular flexibility index (Phi) is 3.22. The number of hydrogen-bond acceptors (Lipinski definition) is 7. The first-order chi connectivity index (χ1) is 7.68. The molecule has 100 valence electrons. The molecular formula is C9H16O7S. The fourth-order valence-corrected chi connectivity index (χ4v) is 2.27. The van der Waals surface area contributed by atoms with Gasteiger partial charge in [-0.1, -0.05) is 0 Å². The van der Waals surface area contributed by atoms with Gasteiger partial charge in [-0.2, -0.15) is 8.42 Å². The van der Waals surface area contributed by atoms with E-state index in [4.69, 9.17) is 14.2 Å². The van der Waals surface area contributed by atoms with Crippen LogP contribution in [-0.4, -0.2) is 56.8 Å². The fraction of sp³-hybridized carbons (Fsp3) is 1.00. The molecule has 7 nitrogen and oxygen atoms in total. The van der Waals surface area contributed by atoms with Crippen molar-refractivity contribution in [2.45, 2.75) is 44.2 Å². The summed E-state index contributed by atoms with van der Waals surface area (Å²) >= 11 is 0. The van der Waals surface area contributed by atoms with Gasteiger partial charge < -0.3 is 19.3 Å². The van der Waals surface area contributed by atoms with Crippen LogP contribution >= 0.6 is 0 Å². The summed E-state index contributed by atoms with van der Waals surface area (Å²) in [4.78, 5) is 0. The van der Waals surface area contributed by atoms with Crippen LogP contribution in [0.5, 0.6) is 0 Å². The standard InChI is InChI=1S/C9H16O7S/c1-9(2)15-7-6(10)5(14-8(7)16-9)4-13-17(3,11)12/h5-8,10H,4H2,1-3H3/t5-,6+,7-,8-/m1/s1. The Labute approximate surface area is 99.7 Å². The molecule has 17 heavy (non-hydrogen) atoms. The van der Waals surface area contributed by atoms with Gasteiger partial charge in [0.2, 0.25) is 0 Å². The van der Waals surface area contributed by atoms with E-state index in [2.05, 4.69) is 4.18 Å². The molecule has 0 unspecified atom stereocenters. The maximum absolute atomic E-state index is 10.8. The zero-order valence-electron chi connectivity index (χ0n) is 9.82. The third kappa shape index (κ3) is 2.95. The van der Waals surface area contributed by atoms with Crippen molar-refractivity contribution in [3.63, 3.8) is 0 Å². The molecule has 0 radical (unpaired) electrons. The molecular weight excluding hydrogens is 252 g/mol. The monoisotopic (exact) mass is 268 g/mol. The van der Waals surface area contributed by atoms with E-state index in [0.717, 1.165) is 6.26 Å². The van der Waals surface area contributed by atoms with Crippen LogP contribution in [0.4, 0.5) is 0 Å². The van der Waals surface area contributed by atoms with Crippen LogP contribution in [-0.2, 0) is 28.5 Å². The van der Waals surface area contributed by atoms with Gasteiger partial charge in [-0.25, -0.2) is 0 Å². The third-order valence-corrected chi connectivity index (χ3v) is 3.13. The molecule has 2 fully saturated rings. The first-order valence-electron chi connectivity index (χ1n) is 5.21. The molecule has 0 saturated carbocycles. The Morgan fingerprint density at radius 3 is 2.53 bits per heavy atom. The number of ether oxygens (including phenoxy) is 3. The molecule has 2 rings (SSSR count). The summed E-state index contributed by atoms with van der Waals surface area (Å²) in [5, 5.41) is 9.88. The highest BCUT2D eigenvalue weighted by Crippen LogP contribution is 2.37. The number of hydrogen-bond donors (Lipinski definition) is 1. The highest BCUT2D eigenvalue weighted by molar-refractivity contribution is 7.85. The molecule has 0 amide bonds. The van der Waals surface area contributed by atoms with E-state index in [-0.39, 0.29) is 6.61 Å². The van der Waals surface area contributed by atoms with E-state index < -0.39 is 40.5 Å². The zero-order valence-corrected chi connectivity index (χ0v) is 10.6.